The summed E-state index contributed by atoms with van der Waals surface area (Å²) in [5.74, 6) is 0. The van der Waals surface area contributed by atoms with Crippen molar-refractivity contribution in [3.63, 3.8) is 0 Å². The second-order valence-electron chi connectivity index (χ2n) is 1.82. The molecule has 0 radical (unpaired) electrons. The van der Waals surface area contributed by atoms with Gasteiger partial charge in [0.1, 0.15) is 6.33 Å². The molecule has 0 atom stereocenters. The molecule has 2 heterocycles. The predicted molar refractivity (Wildman–Crippen MR) is 44.8 cm³/mol. The van der Waals surface area contributed by atoms with Crippen molar-refractivity contribution in [2.24, 2.45) is 0 Å². The third-order valence-electron chi connectivity index (χ3n) is 1.09. The summed E-state index contributed by atoms with van der Waals surface area (Å²) in [5, 5.41) is 9.41. The highest BCUT2D eigenvalue weighted by Gasteiger charge is 1.98. The molecule has 0 aliphatic rings. The van der Waals surface area contributed by atoms with Crippen molar-refractivity contribution in [1.29, 1.82) is 0 Å². The van der Waals surface area contributed by atoms with E-state index < -0.39 is 0 Å². The van der Waals surface area contributed by atoms with E-state index >= 15 is 0 Å². The lowest BCUT2D eigenvalue weighted by Crippen LogP contribution is -1.71. The van der Waals surface area contributed by atoms with Crippen LogP contribution in [0.1, 0.15) is 0 Å². The van der Waals surface area contributed by atoms with Gasteiger partial charge in [-0.2, -0.15) is 5.10 Å². The summed E-state index contributed by atoms with van der Waals surface area (Å²) in [6.45, 7) is 0. The molecule has 0 aliphatic carbocycles. The van der Waals surface area contributed by atoms with E-state index in [1.165, 1.54) is 10.5 Å². The Bertz CT molecular complexity index is 268. The molecule has 0 saturated carbocycles. The van der Waals surface area contributed by atoms with E-state index in [0.29, 0.717) is 0 Å². The van der Waals surface area contributed by atoms with Gasteiger partial charge in [-0.3, -0.25) is 5.10 Å². The van der Waals surface area contributed by atoms with Crippen molar-refractivity contribution < 1.29 is 0 Å². The van der Waals surface area contributed by atoms with Gasteiger partial charge in [-0.15, -0.1) is 11.3 Å². The van der Waals surface area contributed by atoms with Gasteiger partial charge in [0.15, 0.2) is 5.16 Å². The molecular formula is C6H5N3S2. The molecule has 3 nitrogen and oxygen atoms in total. The maximum Gasteiger partial charge on any atom is 0.189 e. The molecule has 0 fully saturated rings. The second-order valence-corrected chi connectivity index (χ2v) is 4.06. The quantitative estimate of drug-likeness (QED) is 0.774. The molecule has 2 aromatic heterocycles. The highest BCUT2D eigenvalue weighted by Crippen LogP contribution is 2.27. The van der Waals surface area contributed by atoms with Gasteiger partial charge in [0.2, 0.25) is 0 Å². The van der Waals surface area contributed by atoms with Crippen molar-refractivity contribution >= 4 is 23.1 Å². The molecule has 0 unspecified atom stereocenters. The first-order chi connectivity index (χ1) is 5.45. The van der Waals surface area contributed by atoms with E-state index in [2.05, 4.69) is 21.2 Å². The van der Waals surface area contributed by atoms with Gasteiger partial charge in [0.25, 0.3) is 0 Å². The predicted octanol–water partition coefficient (Wildman–Crippen LogP) is 2.02. The number of hydrogen-bond acceptors (Lipinski definition) is 4. The molecule has 0 aliphatic heterocycles. The van der Waals surface area contributed by atoms with Crippen LogP contribution in [0.3, 0.4) is 0 Å². The first-order valence-corrected chi connectivity index (χ1v) is 4.71. The monoisotopic (exact) mass is 183 g/mol. The normalized spacial score (nSPS) is 10.2. The minimum atomic E-state index is 0.840. The molecule has 2 aromatic rings. The number of nitrogens with one attached hydrogen (secondary N) is 1. The molecular weight excluding hydrogens is 178 g/mol. The minimum Gasteiger partial charge on any atom is -0.254 e. The summed E-state index contributed by atoms with van der Waals surface area (Å²) in [6, 6.07) is 4.07. The third kappa shape index (κ3) is 1.61. The van der Waals surface area contributed by atoms with Crippen molar-refractivity contribution in [2.75, 3.05) is 0 Å². The SMILES string of the molecule is c1csc(Sc2ncn[nH]2)c1. The van der Waals surface area contributed by atoms with Crippen LogP contribution in [0.15, 0.2) is 33.2 Å². The summed E-state index contributed by atoms with van der Waals surface area (Å²) in [4.78, 5) is 3.99. The topological polar surface area (TPSA) is 41.6 Å². The Hall–Kier alpha value is -0.810. The van der Waals surface area contributed by atoms with Crippen molar-refractivity contribution in [3.05, 3.63) is 23.8 Å². The fourth-order valence-electron chi connectivity index (χ4n) is 0.660. The maximum absolute atomic E-state index is 3.99. The van der Waals surface area contributed by atoms with Gasteiger partial charge in [-0.1, -0.05) is 6.07 Å². The average molecular weight is 183 g/mol. The number of thiophene rings is 1. The standard InChI is InChI=1S/C6H5N3S2/c1-2-5(10-3-1)11-6-7-4-8-9-6/h1-4H,(H,7,8,9). The number of hydrogen-bond donors (Lipinski definition) is 1. The van der Waals surface area contributed by atoms with Crippen LogP contribution >= 0.6 is 23.1 Å². The Morgan fingerprint density at radius 1 is 1.55 bits per heavy atom. The van der Waals surface area contributed by atoms with Crippen LogP contribution in [0.25, 0.3) is 0 Å². The molecule has 0 spiro atoms. The summed E-state index contributed by atoms with van der Waals surface area (Å²) in [7, 11) is 0. The number of H-pyrrole nitrogens is 1. The van der Waals surface area contributed by atoms with Gasteiger partial charge in [0.05, 0.1) is 4.21 Å². The van der Waals surface area contributed by atoms with Crippen LogP contribution < -0.4 is 0 Å². The summed E-state index contributed by atoms with van der Waals surface area (Å²) < 4.78 is 1.22. The Morgan fingerprint density at radius 2 is 2.55 bits per heavy atom. The molecule has 0 aromatic carbocycles. The highest BCUT2D eigenvalue weighted by atomic mass is 32.2. The molecule has 2 rings (SSSR count). The number of rotatable bonds is 2. The lowest BCUT2D eigenvalue weighted by molar-refractivity contribution is 0.974. The first-order valence-electron chi connectivity index (χ1n) is 3.02. The van der Waals surface area contributed by atoms with Crippen LogP contribution in [0.2, 0.25) is 0 Å². The summed E-state index contributed by atoms with van der Waals surface area (Å²) >= 11 is 3.29. The Labute approximate surface area is 71.9 Å². The van der Waals surface area contributed by atoms with E-state index in [0.717, 1.165) is 5.16 Å². The van der Waals surface area contributed by atoms with Crippen molar-refractivity contribution in [2.45, 2.75) is 9.37 Å². The largest absolute Gasteiger partial charge is 0.254 e. The fraction of sp³-hybridized carbons (Fsp3) is 0. The molecule has 5 heteroatoms. The smallest absolute Gasteiger partial charge is 0.189 e. The van der Waals surface area contributed by atoms with Gasteiger partial charge in [-0.25, -0.2) is 4.98 Å². The fourth-order valence-corrected chi connectivity index (χ4v) is 2.24. The number of aromatic amines is 1. The zero-order chi connectivity index (χ0) is 7.52. The number of nitrogens with zero attached hydrogens (tertiary/aromatic N) is 2. The molecule has 1 N–H and O–H groups in total. The summed E-state index contributed by atoms with van der Waals surface area (Å²) in [6.07, 6.45) is 1.51. The molecule has 0 saturated heterocycles. The van der Waals surface area contributed by atoms with E-state index in [4.69, 9.17) is 0 Å². The minimum absolute atomic E-state index is 0.840. The van der Waals surface area contributed by atoms with E-state index in [1.807, 2.05) is 11.4 Å². The van der Waals surface area contributed by atoms with Gasteiger partial charge < -0.3 is 0 Å². The van der Waals surface area contributed by atoms with Crippen LogP contribution in [0.4, 0.5) is 0 Å². The molecule has 11 heavy (non-hydrogen) atoms. The second kappa shape index (κ2) is 3.06. The zero-order valence-electron chi connectivity index (χ0n) is 5.52. The van der Waals surface area contributed by atoms with Crippen LogP contribution in [-0.4, -0.2) is 15.2 Å². The Balaban J connectivity index is 2.14. The molecule has 56 valence electrons. The van der Waals surface area contributed by atoms with E-state index in [-0.39, 0.29) is 0 Å². The van der Waals surface area contributed by atoms with Gasteiger partial charge >= 0.3 is 0 Å². The zero-order valence-corrected chi connectivity index (χ0v) is 7.15. The number of aromatic nitrogens is 3. The first kappa shape index (κ1) is 6.87. The van der Waals surface area contributed by atoms with E-state index in [1.54, 1.807) is 23.1 Å². The van der Waals surface area contributed by atoms with Crippen LogP contribution in [0.5, 0.6) is 0 Å². The maximum atomic E-state index is 3.99. The van der Waals surface area contributed by atoms with Gasteiger partial charge in [0, 0.05) is 0 Å². The average Bonchev–Trinajstić information content (AvgIpc) is 2.60. The highest BCUT2D eigenvalue weighted by molar-refractivity contribution is 8.01. The Morgan fingerprint density at radius 3 is 3.18 bits per heavy atom. The van der Waals surface area contributed by atoms with Crippen LogP contribution in [-0.2, 0) is 0 Å². The van der Waals surface area contributed by atoms with Crippen LogP contribution in [0, 0.1) is 0 Å². The summed E-state index contributed by atoms with van der Waals surface area (Å²) in [5.41, 5.74) is 0. The third-order valence-corrected chi connectivity index (χ3v) is 3.01. The molecule has 0 bridgehead atoms. The lowest BCUT2D eigenvalue weighted by Gasteiger charge is -1.87. The lowest BCUT2D eigenvalue weighted by atomic mass is 10.7. The van der Waals surface area contributed by atoms with Gasteiger partial charge in [-0.05, 0) is 23.2 Å². The van der Waals surface area contributed by atoms with Crippen molar-refractivity contribution in [1.82, 2.24) is 15.2 Å². The molecule has 0 amide bonds. The van der Waals surface area contributed by atoms with E-state index in [9.17, 15) is 0 Å². The van der Waals surface area contributed by atoms with Crippen molar-refractivity contribution in [3.8, 4) is 0 Å². The Kier molecular flexibility index (Phi) is 1.91.